The van der Waals surface area contributed by atoms with Gasteiger partial charge in [-0.1, -0.05) is 44.2 Å². The van der Waals surface area contributed by atoms with Crippen LogP contribution in [0.15, 0.2) is 40.9 Å². The second-order valence-corrected chi connectivity index (χ2v) is 8.13. The third-order valence-corrected chi connectivity index (χ3v) is 5.38. The molecule has 0 radical (unpaired) electrons. The maximum absolute atomic E-state index is 12.2. The summed E-state index contributed by atoms with van der Waals surface area (Å²) in [5, 5.41) is 5.11. The average Bonchev–Trinajstić information content (AvgIpc) is 2.66. The summed E-state index contributed by atoms with van der Waals surface area (Å²) in [5.74, 6) is 1.16. The molecule has 0 saturated carbocycles. The van der Waals surface area contributed by atoms with Crippen molar-refractivity contribution < 1.29 is 14.3 Å². The molecular weight excluding hydrogens is 408 g/mol. The fraction of sp³-hybridized carbons (Fsp3) is 0.476. The van der Waals surface area contributed by atoms with E-state index in [1.165, 1.54) is 0 Å². The zero-order valence-corrected chi connectivity index (χ0v) is 17.5. The number of halogens is 1. The Labute approximate surface area is 169 Å². The van der Waals surface area contributed by atoms with Crippen LogP contribution in [0.5, 0.6) is 5.75 Å². The van der Waals surface area contributed by atoms with E-state index >= 15 is 0 Å². The Morgan fingerprint density at radius 2 is 2.15 bits per heavy atom. The molecule has 3 rings (SSSR count). The molecule has 146 valence electrons. The van der Waals surface area contributed by atoms with Crippen LogP contribution < -0.4 is 10.1 Å². The highest BCUT2D eigenvalue weighted by Gasteiger charge is 2.21. The third kappa shape index (κ3) is 5.67. The minimum absolute atomic E-state index is 0.0145. The monoisotopic (exact) mass is 434 g/mol. The summed E-state index contributed by atoms with van der Waals surface area (Å²) in [6.07, 6.45) is 0.0360. The van der Waals surface area contributed by atoms with Crippen molar-refractivity contribution in [3.05, 3.63) is 40.9 Å². The Morgan fingerprint density at radius 3 is 2.96 bits per heavy atom. The molecule has 1 aliphatic rings. The summed E-state index contributed by atoms with van der Waals surface area (Å²) in [6.45, 7) is 8.52. The number of fused-ring (bicyclic) bond motifs is 1. The summed E-state index contributed by atoms with van der Waals surface area (Å²) >= 11 is 3.58. The molecule has 1 N–H and O–H groups in total. The van der Waals surface area contributed by atoms with Gasteiger partial charge in [-0.3, -0.25) is 9.69 Å². The van der Waals surface area contributed by atoms with Gasteiger partial charge in [-0.15, -0.1) is 0 Å². The lowest BCUT2D eigenvalue weighted by molar-refractivity contribution is -0.124. The summed E-state index contributed by atoms with van der Waals surface area (Å²) in [7, 11) is 0. The highest BCUT2D eigenvalue weighted by molar-refractivity contribution is 9.10. The molecule has 0 bridgehead atoms. The molecule has 1 aliphatic heterocycles. The molecule has 1 heterocycles. The number of hydrogen-bond acceptors (Lipinski definition) is 4. The second kappa shape index (κ2) is 9.53. The van der Waals surface area contributed by atoms with Crippen molar-refractivity contribution in [1.82, 2.24) is 10.2 Å². The van der Waals surface area contributed by atoms with Gasteiger partial charge in [-0.05, 0) is 38.7 Å². The molecular formula is C21H27BrN2O3. The van der Waals surface area contributed by atoms with E-state index < -0.39 is 0 Å². The maximum atomic E-state index is 12.2. The molecule has 5 nitrogen and oxygen atoms in total. The molecule has 1 amide bonds. The Morgan fingerprint density at radius 1 is 1.33 bits per heavy atom. The molecule has 0 aliphatic carbocycles. The molecule has 1 atom stereocenters. The molecule has 2 aromatic rings. The minimum atomic E-state index is -0.139. The fourth-order valence-corrected chi connectivity index (χ4v) is 3.94. The van der Waals surface area contributed by atoms with Crippen LogP contribution in [0.3, 0.4) is 0 Å². The predicted molar refractivity (Wildman–Crippen MR) is 111 cm³/mol. The lowest BCUT2D eigenvalue weighted by atomic mass is 10.1. The van der Waals surface area contributed by atoms with Crippen LogP contribution in [0.1, 0.15) is 13.8 Å². The van der Waals surface area contributed by atoms with Crippen LogP contribution in [-0.2, 0) is 9.53 Å². The summed E-state index contributed by atoms with van der Waals surface area (Å²) in [4.78, 5) is 14.6. The lowest BCUT2D eigenvalue weighted by Gasteiger charge is -2.33. The minimum Gasteiger partial charge on any atom is -0.483 e. The number of morpholine rings is 1. The number of ether oxygens (including phenoxy) is 2. The van der Waals surface area contributed by atoms with Gasteiger partial charge in [-0.25, -0.2) is 0 Å². The lowest BCUT2D eigenvalue weighted by Crippen LogP contribution is -2.48. The zero-order chi connectivity index (χ0) is 19.2. The van der Waals surface area contributed by atoms with Gasteiger partial charge in [0.1, 0.15) is 5.75 Å². The van der Waals surface area contributed by atoms with Gasteiger partial charge in [0.25, 0.3) is 5.91 Å². The van der Waals surface area contributed by atoms with Gasteiger partial charge >= 0.3 is 0 Å². The number of nitrogens with zero attached hydrogens (tertiary/aromatic N) is 1. The Balaban J connectivity index is 1.47. The van der Waals surface area contributed by atoms with Crippen LogP contribution in [0.2, 0.25) is 0 Å². The van der Waals surface area contributed by atoms with E-state index in [1.807, 2.05) is 36.4 Å². The number of benzene rings is 2. The molecule has 0 aromatic heterocycles. The largest absolute Gasteiger partial charge is 0.483 e. The smallest absolute Gasteiger partial charge is 0.258 e. The van der Waals surface area contributed by atoms with Crippen molar-refractivity contribution in [3.63, 3.8) is 0 Å². The first kappa shape index (κ1) is 20.1. The van der Waals surface area contributed by atoms with E-state index in [1.54, 1.807) is 0 Å². The van der Waals surface area contributed by atoms with Crippen molar-refractivity contribution in [2.45, 2.75) is 20.0 Å². The molecule has 1 unspecified atom stereocenters. The fourth-order valence-electron chi connectivity index (χ4n) is 3.33. The number of hydrogen-bond donors (Lipinski definition) is 1. The number of carbonyl (C=O) groups is 1. The Hall–Kier alpha value is -1.63. The van der Waals surface area contributed by atoms with E-state index in [-0.39, 0.29) is 18.6 Å². The van der Waals surface area contributed by atoms with E-state index in [9.17, 15) is 4.79 Å². The quantitative estimate of drug-likeness (QED) is 0.724. The average molecular weight is 435 g/mol. The highest BCUT2D eigenvalue weighted by Crippen LogP contribution is 2.32. The van der Waals surface area contributed by atoms with Gasteiger partial charge in [0.15, 0.2) is 6.61 Å². The molecule has 1 fully saturated rings. The van der Waals surface area contributed by atoms with Crippen molar-refractivity contribution in [1.29, 1.82) is 0 Å². The topological polar surface area (TPSA) is 50.8 Å². The standard InChI is InChI=1S/C21H27BrN2O3/c1-15(2)12-24-9-10-26-17(13-24)11-23-20(25)14-27-19-8-7-16-5-3-4-6-18(16)21(19)22/h3-8,15,17H,9-14H2,1-2H3,(H,23,25). The zero-order valence-electron chi connectivity index (χ0n) is 15.9. The first-order valence-electron chi connectivity index (χ1n) is 9.43. The van der Waals surface area contributed by atoms with Crippen molar-refractivity contribution in [2.75, 3.05) is 39.4 Å². The van der Waals surface area contributed by atoms with E-state index in [2.05, 4.69) is 40.0 Å². The first-order valence-corrected chi connectivity index (χ1v) is 10.2. The highest BCUT2D eigenvalue weighted by atomic mass is 79.9. The van der Waals surface area contributed by atoms with E-state index in [0.717, 1.165) is 34.9 Å². The van der Waals surface area contributed by atoms with Gasteiger partial charge < -0.3 is 14.8 Å². The normalized spacial score (nSPS) is 18.0. The number of nitrogens with one attached hydrogen (secondary N) is 1. The SMILES string of the molecule is CC(C)CN1CCOC(CNC(=O)COc2ccc3ccccc3c2Br)C1. The van der Waals surface area contributed by atoms with Crippen LogP contribution in [-0.4, -0.2) is 56.3 Å². The van der Waals surface area contributed by atoms with Gasteiger partial charge in [0, 0.05) is 26.2 Å². The third-order valence-electron chi connectivity index (χ3n) is 4.56. The molecule has 1 saturated heterocycles. The van der Waals surface area contributed by atoms with E-state index in [4.69, 9.17) is 9.47 Å². The second-order valence-electron chi connectivity index (χ2n) is 7.34. The Kier molecular flexibility index (Phi) is 7.10. The maximum Gasteiger partial charge on any atom is 0.258 e. The summed E-state index contributed by atoms with van der Waals surface area (Å²) in [6, 6.07) is 11.9. The summed E-state index contributed by atoms with van der Waals surface area (Å²) in [5.41, 5.74) is 0. The van der Waals surface area contributed by atoms with Crippen LogP contribution in [0.4, 0.5) is 0 Å². The number of carbonyl (C=O) groups excluding carboxylic acids is 1. The number of rotatable bonds is 7. The van der Waals surface area contributed by atoms with Crippen LogP contribution >= 0.6 is 15.9 Å². The predicted octanol–water partition coefficient (Wildman–Crippen LogP) is 3.45. The first-order chi connectivity index (χ1) is 13.0. The van der Waals surface area contributed by atoms with Gasteiger partial charge in [-0.2, -0.15) is 0 Å². The molecule has 2 aromatic carbocycles. The summed E-state index contributed by atoms with van der Waals surface area (Å²) < 4.78 is 12.3. The molecule has 0 spiro atoms. The number of amides is 1. The Bertz CT molecular complexity index is 781. The van der Waals surface area contributed by atoms with Gasteiger partial charge in [0.2, 0.25) is 0 Å². The molecule has 27 heavy (non-hydrogen) atoms. The van der Waals surface area contributed by atoms with E-state index in [0.29, 0.717) is 24.8 Å². The van der Waals surface area contributed by atoms with Crippen LogP contribution in [0, 0.1) is 5.92 Å². The van der Waals surface area contributed by atoms with Crippen molar-refractivity contribution >= 4 is 32.6 Å². The van der Waals surface area contributed by atoms with Gasteiger partial charge in [0.05, 0.1) is 17.2 Å². The molecule has 6 heteroatoms. The van der Waals surface area contributed by atoms with Crippen LogP contribution in [0.25, 0.3) is 10.8 Å². The van der Waals surface area contributed by atoms with Crippen molar-refractivity contribution in [2.24, 2.45) is 5.92 Å². The van der Waals surface area contributed by atoms with Crippen molar-refractivity contribution in [3.8, 4) is 5.75 Å².